The minimum absolute atomic E-state index is 0.251. The van der Waals surface area contributed by atoms with Crippen molar-refractivity contribution in [2.75, 3.05) is 0 Å². The maximum Gasteiger partial charge on any atom is 0.123 e. The molecule has 0 unspecified atom stereocenters. The zero-order chi connectivity index (χ0) is 17.4. The number of rotatable bonds is 4. The molecule has 2 rings (SSSR count). The molecule has 0 amide bonds. The van der Waals surface area contributed by atoms with Crippen LogP contribution in [0.4, 0.5) is 0 Å². The van der Waals surface area contributed by atoms with Crippen molar-refractivity contribution in [2.45, 2.75) is 58.8 Å². The quantitative estimate of drug-likeness (QED) is 0.763. The number of hydrogen-bond acceptors (Lipinski definition) is 2. The molecule has 0 aromatic heterocycles. The van der Waals surface area contributed by atoms with Crippen molar-refractivity contribution < 1.29 is 10.2 Å². The van der Waals surface area contributed by atoms with Crippen molar-refractivity contribution in [2.24, 2.45) is 0 Å². The zero-order valence-corrected chi connectivity index (χ0v) is 15.0. The Morgan fingerprint density at radius 2 is 1.04 bits per heavy atom. The monoisotopic (exact) mass is 312 g/mol. The minimum Gasteiger partial charge on any atom is -0.507 e. The summed E-state index contributed by atoms with van der Waals surface area (Å²) in [6.07, 6.45) is 0. The molecular weight excluding hydrogens is 284 g/mol. The van der Waals surface area contributed by atoms with E-state index in [1.807, 2.05) is 50.2 Å². The highest BCUT2D eigenvalue weighted by Gasteiger charge is 2.31. The van der Waals surface area contributed by atoms with Gasteiger partial charge in [0.2, 0.25) is 0 Å². The van der Waals surface area contributed by atoms with Crippen LogP contribution in [0, 0.1) is 0 Å². The fourth-order valence-electron chi connectivity index (χ4n) is 3.21. The fraction of sp³-hybridized carbons (Fsp3) is 0.429. The number of aromatic hydroxyl groups is 2. The smallest absolute Gasteiger partial charge is 0.123 e. The SMILES string of the molecule is CC(C)c1cccc(C(C)(C)c2cccc(C(C)C)c2O)c1O. The van der Waals surface area contributed by atoms with Crippen LogP contribution in [0.1, 0.15) is 75.6 Å². The molecule has 0 saturated carbocycles. The molecular formula is C21H28O2. The summed E-state index contributed by atoms with van der Waals surface area (Å²) in [4.78, 5) is 0. The van der Waals surface area contributed by atoms with Gasteiger partial charge in [-0.15, -0.1) is 0 Å². The van der Waals surface area contributed by atoms with Crippen LogP contribution in [0.3, 0.4) is 0 Å². The molecule has 0 atom stereocenters. The summed E-state index contributed by atoms with van der Waals surface area (Å²) in [6, 6.07) is 11.8. The molecule has 0 aliphatic rings. The molecule has 124 valence electrons. The van der Waals surface area contributed by atoms with Gasteiger partial charge in [-0.3, -0.25) is 0 Å². The van der Waals surface area contributed by atoms with Crippen LogP contribution in [-0.2, 0) is 5.41 Å². The van der Waals surface area contributed by atoms with Crippen molar-refractivity contribution in [3.05, 3.63) is 58.7 Å². The third-order valence-electron chi connectivity index (χ3n) is 4.73. The van der Waals surface area contributed by atoms with Gasteiger partial charge < -0.3 is 10.2 Å². The normalized spacial score (nSPS) is 12.2. The van der Waals surface area contributed by atoms with Gasteiger partial charge >= 0.3 is 0 Å². The van der Waals surface area contributed by atoms with E-state index in [2.05, 4.69) is 27.7 Å². The van der Waals surface area contributed by atoms with Gasteiger partial charge in [-0.1, -0.05) is 77.9 Å². The topological polar surface area (TPSA) is 40.5 Å². The summed E-state index contributed by atoms with van der Waals surface area (Å²) < 4.78 is 0. The predicted octanol–water partition coefficient (Wildman–Crippen LogP) is 5.67. The minimum atomic E-state index is -0.482. The van der Waals surface area contributed by atoms with E-state index in [0.29, 0.717) is 11.5 Å². The summed E-state index contributed by atoms with van der Waals surface area (Å²) in [5.74, 6) is 1.17. The van der Waals surface area contributed by atoms with Gasteiger partial charge in [-0.05, 0) is 23.0 Å². The van der Waals surface area contributed by atoms with E-state index in [1.54, 1.807) is 0 Å². The zero-order valence-electron chi connectivity index (χ0n) is 15.0. The third kappa shape index (κ3) is 3.08. The van der Waals surface area contributed by atoms with Crippen LogP contribution in [0.25, 0.3) is 0 Å². The maximum absolute atomic E-state index is 10.7. The summed E-state index contributed by atoms with van der Waals surface area (Å²) in [5.41, 5.74) is 3.09. The van der Waals surface area contributed by atoms with E-state index in [0.717, 1.165) is 22.3 Å². The third-order valence-corrected chi connectivity index (χ3v) is 4.73. The predicted molar refractivity (Wildman–Crippen MR) is 96.5 cm³/mol. The average Bonchev–Trinajstić information content (AvgIpc) is 2.46. The Morgan fingerprint density at radius 3 is 1.35 bits per heavy atom. The van der Waals surface area contributed by atoms with Gasteiger partial charge in [0.25, 0.3) is 0 Å². The van der Waals surface area contributed by atoms with E-state index >= 15 is 0 Å². The Balaban J connectivity index is 2.64. The summed E-state index contributed by atoms with van der Waals surface area (Å²) >= 11 is 0. The lowest BCUT2D eigenvalue weighted by molar-refractivity contribution is 0.426. The van der Waals surface area contributed by atoms with E-state index in [-0.39, 0.29) is 11.8 Å². The fourth-order valence-corrected chi connectivity index (χ4v) is 3.21. The molecule has 2 N–H and O–H groups in total. The van der Waals surface area contributed by atoms with E-state index in [4.69, 9.17) is 0 Å². The highest BCUT2D eigenvalue weighted by molar-refractivity contribution is 5.55. The van der Waals surface area contributed by atoms with E-state index in [1.165, 1.54) is 0 Å². The molecule has 23 heavy (non-hydrogen) atoms. The van der Waals surface area contributed by atoms with E-state index in [9.17, 15) is 10.2 Å². The molecule has 0 radical (unpaired) electrons. The number of phenols is 2. The van der Waals surface area contributed by atoms with Crippen LogP contribution >= 0.6 is 0 Å². The number of phenolic OH excluding ortho intramolecular Hbond substituents is 2. The lowest BCUT2D eigenvalue weighted by Crippen LogP contribution is -2.20. The number of para-hydroxylation sites is 2. The molecule has 2 heteroatoms. The van der Waals surface area contributed by atoms with Crippen molar-refractivity contribution in [1.82, 2.24) is 0 Å². The first-order valence-electron chi connectivity index (χ1n) is 8.32. The van der Waals surface area contributed by atoms with Crippen molar-refractivity contribution in [3.8, 4) is 11.5 Å². The van der Waals surface area contributed by atoms with Gasteiger partial charge in [-0.2, -0.15) is 0 Å². The van der Waals surface area contributed by atoms with E-state index < -0.39 is 5.41 Å². The Labute approximate surface area is 139 Å². The lowest BCUT2D eigenvalue weighted by atomic mass is 9.75. The molecule has 2 nitrogen and oxygen atoms in total. The van der Waals surface area contributed by atoms with Gasteiger partial charge in [0.1, 0.15) is 11.5 Å². The highest BCUT2D eigenvalue weighted by Crippen LogP contribution is 2.44. The second-order valence-electron chi connectivity index (χ2n) is 7.42. The number of hydrogen-bond donors (Lipinski definition) is 2. The first kappa shape index (κ1) is 17.4. The van der Waals surface area contributed by atoms with Crippen molar-refractivity contribution >= 4 is 0 Å². The molecule has 0 bridgehead atoms. The Bertz CT molecular complexity index is 637. The largest absolute Gasteiger partial charge is 0.507 e. The van der Waals surface area contributed by atoms with Gasteiger partial charge in [-0.25, -0.2) is 0 Å². The van der Waals surface area contributed by atoms with Crippen LogP contribution in [0.2, 0.25) is 0 Å². The maximum atomic E-state index is 10.7. The van der Waals surface area contributed by atoms with Gasteiger partial charge in [0, 0.05) is 16.5 Å². The summed E-state index contributed by atoms with van der Waals surface area (Å²) in [5, 5.41) is 21.5. The second kappa shape index (κ2) is 6.27. The van der Waals surface area contributed by atoms with Crippen LogP contribution in [-0.4, -0.2) is 10.2 Å². The Hall–Kier alpha value is -1.96. The number of benzene rings is 2. The Morgan fingerprint density at radius 1 is 0.696 bits per heavy atom. The molecule has 0 aliphatic heterocycles. The lowest BCUT2D eigenvalue weighted by Gasteiger charge is -2.30. The van der Waals surface area contributed by atoms with Crippen LogP contribution < -0.4 is 0 Å². The molecule has 0 fully saturated rings. The van der Waals surface area contributed by atoms with Crippen molar-refractivity contribution in [1.29, 1.82) is 0 Å². The first-order chi connectivity index (χ1) is 10.7. The molecule has 2 aromatic rings. The highest BCUT2D eigenvalue weighted by atomic mass is 16.3. The summed E-state index contributed by atoms with van der Waals surface area (Å²) in [6.45, 7) is 12.4. The second-order valence-corrected chi connectivity index (χ2v) is 7.42. The average molecular weight is 312 g/mol. The standard InChI is InChI=1S/C21H28O2/c1-13(2)15-9-7-11-17(19(15)22)21(5,6)18-12-8-10-16(14(3)4)20(18)23/h7-14,22-23H,1-6H3. The first-order valence-corrected chi connectivity index (χ1v) is 8.32. The van der Waals surface area contributed by atoms with Gasteiger partial charge in [0.15, 0.2) is 0 Å². The molecule has 0 saturated heterocycles. The van der Waals surface area contributed by atoms with Gasteiger partial charge in [0.05, 0.1) is 0 Å². The summed E-state index contributed by atoms with van der Waals surface area (Å²) in [7, 11) is 0. The molecule has 0 aliphatic carbocycles. The molecule has 2 aromatic carbocycles. The van der Waals surface area contributed by atoms with Crippen molar-refractivity contribution in [3.63, 3.8) is 0 Å². The Kier molecular flexibility index (Phi) is 4.74. The molecule has 0 spiro atoms. The van der Waals surface area contributed by atoms with Crippen LogP contribution in [0.15, 0.2) is 36.4 Å². The molecule has 0 heterocycles. The van der Waals surface area contributed by atoms with Crippen LogP contribution in [0.5, 0.6) is 11.5 Å².